The van der Waals surface area contributed by atoms with Gasteiger partial charge in [0.25, 0.3) is 0 Å². The molecule has 39 heavy (non-hydrogen) atoms. The molecule has 1 aromatic carbocycles. The number of benzene rings is 1. The molecule has 3 aromatic heterocycles. The van der Waals surface area contributed by atoms with Crippen molar-refractivity contribution in [1.29, 1.82) is 0 Å². The number of hydrogen-bond acceptors (Lipinski definition) is 7. The number of para-hydroxylation sites is 1. The summed E-state index contributed by atoms with van der Waals surface area (Å²) in [6.07, 6.45) is 7.86. The number of aromatic nitrogens is 5. The molecule has 9 N–H and O–H groups in total. The van der Waals surface area contributed by atoms with Crippen LogP contribution in [0.25, 0.3) is 10.9 Å². The number of aromatic amines is 3. The van der Waals surface area contributed by atoms with Gasteiger partial charge in [-0.2, -0.15) is 0 Å². The van der Waals surface area contributed by atoms with Crippen molar-refractivity contribution < 1.29 is 24.3 Å². The molecule has 4 rings (SSSR count). The summed E-state index contributed by atoms with van der Waals surface area (Å²) >= 11 is 0. The van der Waals surface area contributed by atoms with E-state index in [1.165, 1.54) is 18.9 Å². The van der Waals surface area contributed by atoms with Gasteiger partial charge in [0.1, 0.15) is 12.1 Å². The maximum atomic E-state index is 13.3. The number of amides is 3. The fourth-order valence-corrected chi connectivity index (χ4v) is 4.09. The summed E-state index contributed by atoms with van der Waals surface area (Å²) < 4.78 is 0. The van der Waals surface area contributed by atoms with Crippen LogP contribution in [-0.4, -0.2) is 78.4 Å². The largest absolute Gasteiger partial charge is 0.480 e. The lowest BCUT2D eigenvalue weighted by Gasteiger charge is -2.21. The first kappa shape index (κ1) is 27.1. The van der Waals surface area contributed by atoms with E-state index >= 15 is 0 Å². The van der Waals surface area contributed by atoms with E-state index in [0.717, 1.165) is 16.5 Å². The quantitative estimate of drug-likeness (QED) is 0.107. The second-order valence-electron chi connectivity index (χ2n) is 8.97. The molecule has 0 saturated heterocycles. The maximum absolute atomic E-state index is 13.3. The number of nitrogens with zero attached hydrogens (tertiary/aromatic N) is 2. The first-order chi connectivity index (χ1) is 18.8. The minimum Gasteiger partial charge on any atom is -0.480 e. The third kappa shape index (κ3) is 7.29. The van der Waals surface area contributed by atoms with Crippen molar-refractivity contribution in [2.75, 3.05) is 6.54 Å². The summed E-state index contributed by atoms with van der Waals surface area (Å²) in [5.74, 6) is -3.13. The number of fused-ring (bicyclic) bond motifs is 1. The zero-order valence-electron chi connectivity index (χ0n) is 20.8. The molecule has 0 saturated carbocycles. The normalized spacial score (nSPS) is 13.4. The van der Waals surface area contributed by atoms with Crippen LogP contribution in [-0.2, 0) is 38.4 Å². The minimum atomic E-state index is -1.26. The van der Waals surface area contributed by atoms with E-state index in [2.05, 4.69) is 40.9 Å². The van der Waals surface area contributed by atoms with Crippen molar-refractivity contribution in [2.24, 2.45) is 5.73 Å². The van der Waals surface area contributed by atoms with Gasteiger partial charge in [-0.3, -0.25) is 14.4 Å². The topological polar surface area (TPSA) is 224 Å². The molecule has 0 aliphatic rings. The number of nitrogens with one attached hydrogen (secondary N) is 6. The molecule has 0 radical (unpaired) electrons. The van der Waals surface area contributed by atoms with E-state index in [0.29, 0.717) is 11.4 Å². The number of nitrogens with two attached hydrogens (primary N) is 1. The van der Waals surface area contributed by atoms with Crippen LogP contribution in [0.2, 0.25) is 0 Å². The van der Waals surface area contributed by atoms with Crippen LogP contribution in [0.15, 0.2) is 55.5 Å². The number of carboxylic acid groups (broad SMARTS) is 1. The smallest absolute Gasteiger partial charge is 0.326 e. The molecule has 3 unspecified atom stereocenters. The third-order valence-electron chi connectivity index (χ3n) is 6.10. The predicted octanol–water partition coefficient (Wildman–Crippen LogP) is -0.860. The summed E-state index contributed by atoms with van der Waals surface area (Å²) in [6.45, 7) is -0.427. The van der Waals surface area contributed by atoms with Gasteiger partial charge in [-0.15, -0.1) is 0 Å². The van der Waals surface area contributed by atoms with E-state index in [4.69, 9.17) is 5.73 Å². The molecular formula is C25H29N9O5. The Morgan fingerprint density at radius 2 is 1.56 bits per heavy atom. The van der Waals surface area contributed by atoms with Crippen LogP contribution in [0.4, 0.5) is 0 Å². The van der Waals surface area contributed by atoms with Gasteiger partial charge in [-0.1, -0.05) is 18.2 Å². The maximum Gasteiger partial charge on any atom is 0.326 e. The first-order valence-corrected chi connectivity index (χ1v) is 12.2. The number of H-pyrrole nitrogens is 3. The standard InChI is InChI=1S/C25H29N9O5/c26-18(6-15-9-27-12-31-15)23(36)30-11-22(35)33-20(5-14-8-29-19-4-2-1-3-17(14)19)24(37)34-21(25(38)39)7-16-10-28-13-32-16/h1-4,8-10,12-13,18,20-21,29H,5-7,11,26H2,(H,27,31)(H,28,32)(H,30,36)(H,33,35)(H,34,37)(H,38,39). The zero-order chi connectivity index (χ0) is 27.8. The lowest BCUT2D eigenvalue weighted by atomic mass is 10.0. The summed E-state index contributed by atoms with van der Waals surface area (Å²) in [7, 11) is 0. The van der Waals surface area contributed by atoms with Gasteiger partial charge in [0, 0.05) is 60.1 Å². The highest BCUT2D eigenvalue weighted by Crippen LogP contribution is 2.19. The predicted molar refractivity (Wildman–Crippen MR) is 139 cm³/mol. The molecule has 0 spiro atoms. The zero-order valence-corrected chi connectivity index (χ0v) is 20.8. The lowest BCUT2D eigenvalue weighted by molar-refractivity contribution is -0.142. The Bertz CT molecular complexity index is 1410. The highest BCUT2D eigenvalue weighted by molar-refractivity contribution is 5.93. The monoisotopic (exact) mass is 535 g/mol. The average Bonchev–Trinajstić information content (AvgIpc) is 3.69. The van der Waals surface area contributed by atoms with Crippen molar-refractivity contribution in [2.45, 2.75) is 37.4 Å². The van der Waals surface area contributed by atoms with Crippen molar-refractivity contribution >= 4 is 34.6 Å². The van der Waals surface area contributed by atoms with E-state index in [9.17, 15) is 24.3 Å². The van der Waals surface area contributed by atoms with Gasteiger partial charge in [0.2, 0.25) is 17.7 Å². The SMILES string of the molecule is NC(Cc1cnc[nH]1)C(=O)NCC(=O)NC(Cc1c[nH]c2ccccc12)C(=O)NC(Cc1cnc[nH]1)C(=O)O. The van der Waals surface area contributed by atoms with Gasteiger partial charge in [0.05, 0.1) is 25.2 Å². The Morgan fingerprint density at radius 1 is 0.872 bits per heavy atom. The Hall–Kier alpha value is -4.98. The Balaban J connectivity index is 1.43. The molecule has 0 bridgehead atoms. The van der Waals surface area contributed by atoms with Gasteiger partial charge in [0.15, 0.2) is 0 Å². The van der Waals surface area contributed by atoms with Crippen molar-refractivity contribution in [3.05, 3.63) is 72.5 Å². The average molecular weight is 536 g/mol. The molecule has 0 fully saturated rings. The van der Waals surface area contributed by atoms with Crippen LogP contribution >= 0.6 is 0 Å². The highest BCUT2D eigenvalue weighted by atomic mass is 16.4. The molecule has 0 aliphatic carbocycles. The van der Waals surface area contributed by atoms with Crippen LogP contribution in [0, 0.1) is 0 Å². The molecule has 3 atom stereocenters. The van der Waals surface area contributed by atoms with Gasteiger partial charge >= 0.3 is 5.97 Å². The number of hydrogen-bond donors (Lipinski definition) is 8. The number of aliphatic carboxylic acids is 1. The molecule has 3 amide bonds. The second-order valence-corrected chi connectivity index (χ2v) is 8.97. The lowest BCUT2D eigenvalue weighted by Crippen LogP contribution is -2.55. The van der Waals surface area contributed by atoms with Crippen LogP contribution in [0.1, 0.15) is 17.0 Å². The van der Waals surface area contributed by atoms with Crippen LogP contribution in [0.5, 0.6) is 0 Å². The van der Waals surface area contributed by atoms with E-state index in [-0.39, 0.29) is 19.3 Å². The Kier molecular flexibility index (Phi) is 8.68. The van der Waals surface area contributed by atoms with Gasteiger partial charge in [-0.25, -0.2) is 14.8 Å². The number of rotatable bonds is 13. The molecule has 204 valence electrons. The third-order valence-corrected chi connectivity index (χ3v) is 6.10. The van der Waals surface area contributed by atoms with E-state index < -0.39 is 48.4 Å². The summed E-state index contributed by atoms with van der Waals surface area (Å²) in [5.41, 5.74) is 8.69. The molecule has 4 aromatic rings. The Labute approximate surface area is 222 Å². The number of carboxylic acids is 1. The summed E-state index contributed by atoms with van der Waals surface area (Å²) in [4.78, 5) is 66.8. The van der Waals surface area contributed by atoms with Gasteiger partial charge < -0.3 is 41.7 Å². The molecule has 14 nitrogen and oxygen atoms in total. The van der Waals surface area contributed by atoms with Crippen molar-refractivity contribution in [3.63, 3.8) is 0 Å². The molecule has 14 heteroatoms. The Morgan fingerprint density at radius 3 is 2.23 bits per heavy atom. The van der Waals surface area contributed by atoms with Crippen LogP contribution in [0.3, 0.4) is 0 Å². The second kappa shape index (κ2) is 12.5. The van der Waals surface area contributed by atoms with Crippen molar-refractivity contribution in [1.82, 2.24) is 40.9 Å². The summed E-state index contributed by atoms with van der Waals surface area (Å²) in [6, 6.07) is 4.15. The van der Waals surface area contributed by atoms with Gasteiger partial charge in [-0.05, 0) is 11.6 Å². The molecule has 3 heterocycles. The highest BCUT2D eigenvalue weighted by Gasteiger charge is 2.28. The number of carbonyl (C=O) groups excluding carboxylic acids is 3. The molecule has 0 aliphatic heterocycles. The van der Waals surface area contributed by atoms with E-state index in [1.54, 1.807) is 12.4 Å². The number of imidazole rings is 2. The van der Waals surface area contributed by atoms with E-state index in [1.807, 2.05) is 24.3 Å². The molecular weight excluding hydrogens is 506 g/mol. The number of carbonyl (C=O) groups is 4. The van der Waals surface area contributed by atoms with Crippen molar-refractivity contribution in [3.8, 4) is 0 Å². The van der Waals surface area contributed by atoms with Crippen LogP contribution < -0.4 is 21.7 Å². The summed E-state index contributed by atoms with van der Waals surface area (Å²) in [5, 5.41) is 18.1. The minimum absolute atomic E-state index is 0.0287. The fourth-order valence-electron chi connectivity index (χ4n) is 4.09. The fraction of sp³-hybridized carbons (Fsp3) is 0.280. The first-order valence-electron chi connectivity index (χ1n) is 12.2.